The predicted octanol–water partition coefficient (Wildman–Crippen LogP) is 2.46. The van der Waals surface area contributed by atoms with Crippen molar-refractivity contribution < 1.29 is 23.1 Å². The number of hydrogen-bond donors (Lipinski definition) is 1. The summed E-state index contributed by atoms with van der Waals surface area (Å²) in [4.78, 5) is 20.0. The Balaban J connectivity index is 2.03. The van der Waals surface area contributed by atoms with Crippen molar-refractivity contribution in [1.29, 1.82) is 0 Å². The van der Waals surface area contributed by atoms with Crippen molar-refractivity contribution in [3.05, 3.63) is 23.9 Å². The van der Waals surface area contributed by atoms with Crippen LogP contribution in [0.15, 0.2) is 18.3 Å². The molecule has 0 radical (unpaired) electrons. The Morgan fingerprint density at radius 1 is 1.29 bits per heavy atom. The Kier molecular flexibility index (Phi) is 5.37. The largest absolute Gasteiger partial charge is 0.417 e. The maximum absolute atomic E-state index is 12.8. The molecule has 0 saturated carbocycles. The Labute approximate surface area is 139 Å². The van der Waals surface area contributed by atoms with Gasteiger partial charge in [0.1, 0.15) is 5.82 Å². The van der Waals surface area contributed by atoms with E-state index >= 15 is 0 Å². The summed E-state index contributed by atoms with van der Waals surface area (Å²) in [6, 6.07) is 3.36. The average molecular weight is 345 g/mol. The van der Waals surface area contributed by atoms with E-state index < -0.39 is 24.6 Å². The topological polar surface area (TPSA) is 56.7 Å². The zero-order chi connectivity index (χ0) is 18.0. The van der Waals surface area contributed by atoms with Crippen molar-refractivity contribution in [2.45, 2.75) is 38.5 Å². The fourth-order valence-electron chi connectivity index (χ4n) is 2.79. The van der Waals surface area contributed by atoms with Gasteiger partial charge in [-0.25, -0.2) is 4.98 Å². The molecule has 24 heavy (non-hydrogen) atoms. The standard InChI is InChI=1S/C16H22F3N3O2/c1-3-21(4-2)13-6-5-12(11-20-13)14(23)22-9-7-15(24,8-10-22)16(17,18)19/h5-6,11,24H,3-4,7-10H2,1-2H3. The van der Waals surface area contributed by atoms with Crippen molar-refractivity contribution in [3.8, 4) is 0 Å². The van der Waals surface area contributed by atoms with Crippen LogP contribution < -0.4 is 4.90 Å². The fourth-order valence-corrected chi connectivity index (χ4v) is 2.79. The van der Waals surface area contributed by atoms with E-state index in [1.807, 2.05) is 18.7 Å². The highest BCUT2D eigenvalue weighted by Gasteiger charge is 2.54. The molecule has 1 fully saturated rings. The Morgan fingerprint density at radius 3 is 2.29 bits per heavy atom. The molecule has 1 aliphatic rings. The first-order valence-corrected chi connectivity index (χ1v) is 8.01. The second-order valence-corrected chi connectivity index (χ2v) is 5.90. The zero-order valence-corrected chi connectivity index (χ0v) is 13.8. The number of pyridine rings is 1. The van der Waals surface area contributed by atoms with Crippen LogP contribution in [0.1, 0.15) is 37.0 Å². The number of alkyl halides is 3. The van der Waals surface area contributed by atoms with Gasteiger partial charge < -0.3 is 14.9 Å². The molecule has 1 aliphatic heterocycles. The predicted molar refractivity (Wildman–Crippen MR) is 83.9 cm³/mol. The summed E-state index contributed by atoms with van der Waals surface area (Å²) in [6.07, 6.45) is -4.24. The number of carbonyl (C=O) groups excluding carboxylic acids is 1. The van der Waals surface area contributed by atoms with Crippen molar-refractivity contribution >= 4 is 11.7 Å². The quantitative estimate of drug-likeness (QED) is 0.911. The molecule has 0 unspecified atom stereocenters. The summed E-state index contributed by atoms with van der Waals surface area (Å²) >= 11 is 0. The molecular weight excluding hydrogens is 323 g/mol. The number of carbonyl (C=O) groups is 1. The van der Waals surface area contributed by atoms with Crippen molar-refractivity contribution in [3.63, 3.8) is 0 Å². The summed E-state index contributed by atoms with van der Waals surface area (Å²) in [6.45, 7) is 5.32. The van der Waals surface area contributed by atoms with E-state index in [0.717, 1.165) is 18.9 Å². The summed E-state index contributed by atoms with van der Waals surface area (Å²) in [5, 5.41) is 9.65. The SMILES string of the molecule is CCN(CC)c1ccc(C(=O)N2CCC(O)(C(F)(F)F)CC2)cn1. The van der Waals surface area contributed by atoms with Gasteiger partial charge in [-0.2, -0.15) is 13.2 Å². The molecule has 2 heterocycles. The lowest BCUT2D eigenvalue weighted by Crippen LogP contribution is -2.54. The molecule has 0 bridgehead atoms. The third-order valence-corrected chi connectivity index (χ3v) is 4.49. The van der Waals surface area contributed by atoms with Gasteiger partial charge in [0.05, 0.1) is 5.56 Å². The van der Waals surface area contributed by atoms with Gasteiger partial charge in [-0.15, -0.1) is 0 Å². The summed E-state index contributed by atoms with van der Waals surface area (Å²) < 4.78 is 38.4. The molecule has 134 valence electrons. The van der Waals surface area contributed by atoms with Crippen molar-refractivity contribution in [1.82, 2.24) is 9.88 Å². The van der Waals surface area contributed by atoms with Crippen molar-refractivity contribution in [2.75, 3.05) is 31.1 Å². The van der Waals surface area contributed by atoms with Gasteiger partial charge in [0, 0.05) is 45.2 Å². The highest BCUT2D eigenvalue weighted by atomic mass is 19.4. The van der Waals surface area contributed by atoms with Crippen LogP contribution in [0.4, 0.5) is 19.0 Å². The molecule has 0 aromatic carbocycles. The molecule has 1 saturated heterocycles. The van der Waals surface area contributed by atoms with Crippen LogP contribution in [-0.4, -0.2) is 58.9 Å². The highest BCUT2D eigenvalue weighted by molar-refractivity contribution is 5.94. The molecule has 1 N–H and O–H groups in total. The number of halogens is 3. The number of aromatic nitrogens is 1. The van der Waals surface area contributed by atoms with Gasteiger partial charge in [-0.3, -0.25) is 4.79 Å². The minimum absolute atomic E-state index is 0.132. The van der Waals surface area contributed by atoms with E-state index in [2.05, 4.69) is 4.98 Å². The minimum atomic E-state index is -4.67. The molecule has 0 spiro atoms. The lowest BCUT2D eigenvalue weighted by atomic mass is 9.90. The number of amides is 1. The normalized spacial score (nSPS) is 17.7. The first-order valence-electron chi connectivity index (χ1n) is 8.01. The van der Waals surface area contributed by atoms with Crippen LogP contribution in [0.2, 0.25) is 0 Å². The second kappa shape index (κ2) is 6.96. The van der Waals surface area contributed by atoms with Crippen LogP contribution in [0.25, 0.3) is 0 Å². The van der Waals surface area contributed by atoms with Crippen molar-refractivity contribution in [2.24, 2.45) is 0 Å². The molecule has 0 aliphatic carbocycles. The molecular formula is C16H22F3N3O2. The van der Waals surface area contributed by atoms with Gasteiger partial charge in [0.15, 0.2) is 5.60 Å². The third kappa shape index (κ3) is 3.63. The number of rotatable bonds is 4. The minimum Gasteiger partial charge on any atom is -0.380 e. The lowest BCUT2D eigenvalue weighted by Gasteiger charge is -2.39. The Bertz CT molecular complexity index is 563. The lowest BCUT2D eigenvalue weighted by molar-refractivity contribution is -0.271. The van der Waals surface area contributed by atoms with E-state index in [4.69, 9.17) is 0 Å². The van der Waals surface area contributed by atoms with E-state index in [1.165, 1.54) is 11.1 Å². The maximum atomic E-state index is 12.8. The van der Waals surface area contributed by atoms with Crippen LogP contribution >= 0.6 is 0 Å². The zero-order valence-electron chi connectivity index (χ0n) is 13.8. The van der Waals surface area contributed by atoms with E-state index in [-0.39, 0.29) is 19.0 Å². The smallest absolute Gasteiger partial charge is 0.380 e. The van der Waals surface area contributed by atoms with E-state index in [9.17, 15) is 23.1 Å². The van der Waals surface area contributed by atoms with Gasteiger partial charge in [-0.1, -0.05) is 0 Å². The Hall–Kier alpha value is -1.83. The number of aliphatic hydroxyl groups is 1. The van der Waals surface area contributed by atoms with E-state index in [1.54, 1.807) is 12.1 Å². The Morgan fingerprint density at radius 2 is 1.88 bits per heavy atom. The summed E-state index contributed by atoms with van der Waals surface area (Å²) in [5.74, 6) is 0.388. The summed E-state index contributed by atoms with van der Waals surface area (Å²) in [5.41, 5.74) is -2.36. The molecule has 5 nitrogen and oxygen atoms in total. The molecule has 0 atom stereocenters. The van der Waals surface area contributed by atoms with Gasteiger partial charge >= 0.3 is 6.18 Å². The maximum Gasteiger partial charge on any atom is 0.417 e. The first kappa shape index (κ1) is 18.5. The van der Waals surface area contributed by atoms with E-state index in [0.29, 0.717) is 5.56 Å². The molecule has 2 rings (SSSR count). The van der Waals surface area contributed by atoms with Crippen LogP contribution in [-0.2, 0) is 0 Å². The third-order valence-electron chi connectivity index (χ3n) is 4.49. The van der Waals surface area contributed by atoms with Crippen LogP contribution in [0, 0.1) is 0 Å². The average Bonchev–Trinajstić information content (AvgIpc) is 2.56. The number of piperidine rings is 1. The first-order chi connectivity index (χ1) is 11.2. The highest BCUT2D eigenvalue weighted by Crippen LogP contribution is 2.38. The number of anilines is 1. The summed E-state index contributed by atoms with van der Waals surface area (Å²) in [7, 11) is 0. The monoisotopic (exact) mass is 345 g/mol. The van der Waals surface area contributed by atoms with Crippen LogP contribution in [0.5, 0.6) is 0 Å². The number of hydrogen-bond acceptors (Lipinski definition) is 4. The second-order valence-electron chi connectivity index (χ2n) is 5.90. The fraction of sp³-hybridized carbons (Fsp3) is 0.625. The number of likely N-dealkylation sites (tertiary alicyclic amines) is 1. The van der Waals surface area contributed by atoms with Gasteiger partial charge in [0.25, 0.3) is 5.91 Å². The number of nitrogens with zero attached hydrogens (tertiary/aromatic N) is 3. The van der Waals surface area contributed by atoms with Gasteiger partial charge in [-0.05, 0) is 26.0 Å². The van der Waals surface area contributed by atoms with Crippen LogP contribution in [0.3, 0.4) is 0 Å². The molecule has 8 heteroatoms. The molecule has 1 aromatic rings. The van der Waals surface area contributed by atoms with Gasteiger partial charge in [0.2, 0.25) is 0 Å². The molecule has 1 amide bonds. The molecule has 1 aromatic heterocycles.